The van der Waals surface area contributed by atoms with Gasteiger partial charge in [0.05, 0.1) is 49.0 Å². The number of amides is 4. The van der Waals surface area contributed by atoms with Crippen LogP contribution in [0.4, 0.5) is 10.5 Å². The Morgan fingerprint density at radius 2 is 1.91 bits per heavy atom. The van der Waals surface area contributed by atoms with Gasteiger partial charge in [-0.2, -0.15) is 5.26 Å². The summed E-state index contributed by atoms with van der Waals surface area (Å²) in [6, 6.07) is 8.64. The van der Waals surface area contributed by atoms with Crippen LogP contribution in [0.25, 0.3) is 0 Å². The normalized spacial score (nSPS) is 22.5. The first-order valence-electron chi connectivity index (χ1n) is 11.2. The van der Waals surface area contributed by atoms with Crippen LogP contribution in [0.1, 0.15) is 23.1 Å². The molecular formula is C25H23ClN4O5. The minimum absolute atomic E-state index is 0.110. The van der Waals surface area contributed by atoms with Crippen LogP contribution < -0.4 is 14.4 Å². The first-order chi connectivity index (χ1) is 16.8. The van der Waals surface area contributed by atoms with Crippen molar-refractivity contribution in [3.63, 3.8) is 0 Å². The van der Waals surface area contributed by atoms with Crippen molar-refractivity contribution in [1.82, 2.24) is 9.80 Å². The van der Waals surface area contributed by atoms with E-state index in [1.807, 2.05) is 12.1 Å². The maximum atomic E-state index is 13.5. The molecule has 0 aromatic heterocycles. The SMILES string of the molecule is COc1ccc(CC(=O)N2CC3CC2C2C(=O)N(c4ccc(C#N)c(Cl)c4C)C(=O)N32)cc1OC. The number of piperazine rings is 1. The molecule has 3 fully saturated rings. The lowest BCUT2D eigenvalue weighted by Gasteiger charge is -2.35. The summed E-state index contributed by atoms with van der Waals surface area (Å²) in [5.74, 6) is 0.624. The van der Waals surface area contributed by atoms with Gasteiger partial charge in [-0.1, -0.05) is 17.7 Å². The summed E-state index contributed by atoms with van der Waals surface area (Å²) in [5, 5.41) is 9.43. The minimum atomic E-state index is -0.732. The Balaban J connectivity index is 1.38. The van der Waals surface area contributed by atoms with E-state index in [1.54, 1.807) is 42.0 Å². The molecule has 3 atom stereocenters. The average molecular weight is 495 g/mol. The maximum Gasteiger partial charge on any atom is 0.332 e. The molecule has 9 nitrogen and oxygen atoms in total. The number of halogens is 1. The Kier molecular flexibility index (Phi) is 5.56. The zero-order valence-corrected chi connectivity index (χ0v) is 20.2. The van der Waals surface area contributed by atoms with Gasteiger partial charge in [0.25, 0.3) is 5.91 Å². The van der Waals surface area contributed by atoms with Gasteiger partial charge in [-0.15, -0.1) is 0 Å². The smallest absolute Gasteiger partial charge is 0.332 e. The Morgan fingerprint density at radius 1 is 1.17 bits per heavy atom. The lowest BCUT2D eigenvalue weighted by molar-refractivity contribution is -0.135. The number of carbonyl (C=O) groups is 3. The topological polar surface area (TPSA) is 103 Å². The van der Waals surface area contributed by atoms with Crippen LogP contribution >= 0.6 is 11.6 Å². The number of fused-ring (bicyclic) bond motifs is 5. The minimum Gasteiger partial charge on any atom is -0.493 e. The van der Waals surface area contributed by atoms with E-state index >= 15 is 0 Å². The molecule has 0 N–H and O–H groups in total. The van der Waals surface area contributed by atoms with Crippen LogP contribution in [0, 0.1) is 18.3 Å². The molecule has 0 aliphatic carbocycles. The van der Waals surface area contributed by atoms with Gasteiger partial charge in [0.15, 0.2) is 11.5 Å². The van der Waals surface area contributed by atoms with Gasteiger partial charge in [-0.3, -0.25) is 9.59 Å². The highest BCUT2D eigenvalue weighted by Crippen LogP contribution is 2.44. The summed E-state index contributed by atoms with van der Waals surface area (Å²) in [6.45, 7) is 2.06. The van der Waals surface area contributed by atoms with Gasteiger partial charge in [0.1, 0.15) is 12.1 Å². The van der Waals surface area contributed by atoms with Crippen LogP contribution in [0.15, 0.2) is 30.3 Å². The molecule has 180 valence electrons. The molecule has 3 unspecified atom stereocenters. The van der Waals surface area contributed by atoms with Gasteiger partial charge >= 0.3 is 6.03 Å². The second-order valence-corrected chi connectivity index (χ2v) is 9.24. The summed E-state index contributed by atoms with van der Waals surface area (Å²) in [4.78, 5) is 44.5. The fourth-order valence-electron chi connectivity index (χ4n) is 5.44. The summed E-state index contributed by atoms with van der Waals surface area (Å²) in [7, 11) is 3.08. The first kappa shape index (κ1) is 23.0. The monoisotopic (exact) mass is 494 g/mol. The third-order valence-electron chi connectivity index (χ3n) is 7.11. The van der Waals surface area contributed by atoms with Crippen molar-refractivity contribution in [2.75, 3.05) is 25.7 Å². The van der Waals surface area contributed by atoms with Gasteiger partial charge in [-0.25, -0.2) is 9.69 Å². The average Bonchev–Trinajstić information content (AvgIpc) is 3.52. The van der Waals surface area contributed by atoms with Gasteiger partial charge in [0, 0.05) is 6.54 Å². The predicted molar refractivity (Wildman–Crippen MR) is 127 cm³/mol. The molecule has 2 aromatic carbocycles. The molecule has 4 amide bonds. The predicted octanol–water partition coefficient (Wildman–Crippen LogP) is 2.90. The summed E-state index contributed by atoms with van der Waals surface area (Å²) in [5.41, 5.74) is 1.90. The van der Waals surface area contributed by atoms with Gasteiger partial charge in [0.2, 0.25) is 5.91 Å². The molecule has 0 radical (unpaired) electrons. The molecular weight excluding hydrogens is 472 g/mol. The van der Waals surface area contributed by atoms with E-state index in [0.717, 1.165) is 10.5 Å². The van der Waals surface area contributed by atoms with E-state index in [2.05, 4.69) is 0 Å². The van der Waals surface area contributed by atoms with E-state index < -0.39 is 12.1 Å². The van der Waals surface area contributed by atoms with Crippen LogP contribution in [0.5, 0.6) is 11.5 Å². The number of hydrogen-bond donors (Lipinski definition) is 0. The Hall–Kier alpha value is -3.77. The zero-order chi connectivity index (χ0) is 25.0. The highest BCUT2D eigenvalue weighted by atomic mass is 35.5. The lowest BCUT2D eigenvalue weighted by atomic mass is 10.1. The number of anilines is 1. The highest BCUT2D eigenvalue weighted by molar-refractivity contribution is 6.33. The maximum absolute atomic E-state index is 13.5. The number of benzene rings is 2. The van der Waals surface area contributed by atoms with E-state index in [-0.39, 0.29) is 40.9 Å². The first-order valence-corrected chi connectivity index (χ1v) is 11.5. The number of carbonyl (C=O) groups excluding carboxylic acids is 3. The molecule has 35 heavy (non-hydrogen) atoms. The molecule has 5 rings (SSSR count). The van der Waals surface area contributed by atoms with Crippen molar-refractivity contribution in [3.05, 3.63) is 52.0 Å². The molecule has 0 saturated carbocycles. The van der Waals surface area contributed by atoms with Gasteiger partial charge in [-0.05, 0) is 48.7 Å². The van der Waals surface area contributed by atoms with Crippen LogP contribution in [0.2, 0.25) is 5.02 Å². The van der Waals surface area contributed by atoms with E-state index in [1.165, 1.54) is 13.2 Å². The molecule has 2 aromatic rings. The van der Waals surface area contributed by atoms with E-state index in [4.69, 9.17) is 21.1 Å². The number of methoxy groups -OCH3 is 2. The van der Waals surface area contributed by atoms with Crippen molar-refractivity contribution in [3.8, 4) is 17.6 Å². The largest absolute Gasteiger partial charge is 0.493 e. The number of ether oxygens (including phenoxy) is 2. The molecule has 3 aliphatic heterocycles. The number of nitrogens with zero attached hydrogens (tertiary/aromatic N) is 4. The van der Waals surface area contributed by atoms with E-state index in [9.17, 15) is 19.6 Å². The molecule has 0 spiro atoms. The van der Waals surface area contributed by atoms with Crippen molar-refractivity contribution in [1.29, 1.82) is 5.26 Å². The molecule has 2 bridgehead atoms. The molecule has 10 heteroatoms. The molecule has 3 heterocycles. The Labute approximate surface area is 207 Å². The highest BCUT2D eigenvalue weighted by Gasteiger charge is 2.62. The summed E-state index contributed by atoms with van der Waals surface area (Å²) < 4.78 is 10.6. The lowest BCUT2D eigenvalue weighted by Crippen LogP contribution is -2.55. The van der Waals surface area contributed by atoms with Crippen molar-refractivity contribution in [2.24, 2.45) is 0 Å². The number of urea groups is 1. The standard InChI is InChI=1S/C25H23ClN4O5/c1-13-17(6-5-15(11-27)22(13)26)30-24(32)23-18-10-16(29(23)25(30)33)12-28(18)21(31)9-14-4-7-19(34-2)20(8-14)35-3/h4-8,16,18,23H,9-10,12H2,1-3H3. The second kappa shape index (κ2) is 8.47. The van der Waals surface area contributed by atoms with Gasteiger partial charge < -0.3 is 19.3 Å². The molecule has 3 saturated heterocycles. The quantitative estimate of drug-likeness (QED) is 0.592. The number of nitriles is 1. The number of rotatable bonds is 5. The number of hydrogen-bond acceptors (Lipinski definition) is 6. The van der Waals surface area contributed by atoms with Crippen molar-refractivity contribution in [2.45, 2.75) is 37.9 Å². The molecule has 3 aliphatic rings. The fourth-order valence-corrected chi connectivity index (χ4v) is 5.64. The Morgan fingerprint density at radius 3 is 2.60 bits per heavy atom. The third kappa shape index (κ3) is 3.40. The van der Waals surface area contributed by atoms with Crippen molar-refractivity contribution >= 4 is 35.1 Å². The van der Waals surface area contributed by atoms with E-state index in [0.29, 0.717) is 35.7 Å². The zero-order valence-electron chi connectivity index (χ0n) is 19.4. The van der Waals surface area contributed by atoms with Crippen LogP contribution in [-0.2, 0) is 16.0 Å². The Bertz CT molecular complexity index is 1310. The fraction of sp³-hybridized carbons (Fsp3) is 0.360. The summed E-state index contributed by atoms with van der Waals surface area (Å²) >= 11 is 6.29. The van der Waals surface area contributed by atoms with Crippen LogP contribution in [-0.4, -0.2) is 66.5 Å². The van der Waals surface area contributed by atoms with Crippen LogP contribution in [0.3, 0.4) is 0 Å². The second-order valence-electron chi connectivity index (χ2n) is 8.86. The number of imide groups is 1. The third-order valence-corrected chi connectivity index (χ3v) is 7.59. The summed E-state index contributed by atoms with van der Waals surface area (Å²) in [6.07, 6.45) is 0.716. The van der Waals surface area contributed by atoms with Crippen molar-refractivity contribution < 1.29 is 23.9 Å². The number of likely N-dealkylation sites (tertiary alicyclic amines) is 1.